The van der Waals surface area contributed by atoms with Gasteiger partial charge in [-0.25, -0.2) is 0 Å². The van der Waals surface area contributed by atoms with Crippen molar-refractivity contribution in [3.8, 4) is 0 Å². The smallest absolute Gasteiger partial charge is 0.321 e. The number of nitrogen functional groups attached to an aromatic ring is 1. The lowest BCUT2D eigenvalue weighted by Gasteiger charge is -2.48. The maximum Gasteiger partial charge on any atom is 0.321 e. The Kier molecular flexibility index (Phi) is 8.35. The monoisotopic (exact) mass is 568 g/mol. The average Bonchev–Trinajstić information content (AvgIpc) is 3.29. The zero-order valence-electron chi connectivity index (χ0n) is 18.3. The molecule has 36 heavy (non-hydrogen) atoms. The number of aromatic nitrogens is 3. The minimum atomic E-state index is -1.08. The SMILES string of the molecule is NCCSCc1ccncc1SC1=CN2C(=O)[C@@H](NC(=O)/C(=N\O)c3nsc(N)n3)[C@H]2SC1C(=O)O. The molecule has 2 aromatic rings. The molecule has 17 heteroatoms. The summed E-state index contributed by atoms with van der Waals surface area (Å²) < 4.78 is 3.83. The molecule has 0 saturated carbocycles. The lowest BCUT2D eigenvalue weighted by molar-refractivity contribution is -0.144. The lowest BCUT2D eigenvalue weighted by Crippen LogP contribution is -2.69. The Labute approximate surface area is 221 Å². The number of hydrogen-bond acceptors (Lipinski definition) is 14. The third-order valence-corrected chi connectivity index (χ3v) is 9.38. The van der Waals surface area contributed by atoms with Gasteiger partial charge in [0.15, 0.2) is 5.13 Å². The predicted molar refractivity (Wildman–Crippen MR) is 138 cm³/mol. The van der Waals surface area contributed by atoms with Crippen molar-refractivity contribution in [3.05, 3.63) is 41.0 Å². The summed E-state index contributed by atoms with van der Waals surface area (Å²) >= 11 is 4.74. The zero-order valence-corrected chi connectivity index (χ0v) is 21.6. The highest BCUT2D eigenvalue weighted by atomic mass is 32.2. The topological polar surface area (TPSA) is 210 Å². The van der Waals surface area contributed by atoms with Gasteiger partial charge in [-0.1, -0.05) is 16.9 Å². The van der Waals surface area contributed by atoms with Gasteiger partial charge in [0.25, 0.3) is 11.8 Å². The van der Waals surface area contributed by atoms with Crippen molar-refractivity contribution < 1.29 is 24.7 Å². The Morgan fingerprint density at radius 1 is 1.36 bits per heavy atom. The number of amides is 2. The molecular weight excluding hydrogens is 549 g/mol. The summed E-state index contributed by atoms with van der Waals surface area (Å²) in [6.07, 6.45) is 4.83. The van der Waals surface area contributed by atoms with Gasteiger partial charge in [-0.15, -0.1) is 11.8 Å². The minimum absolute atomic E-state index is 0.0712. The van der Waals surface area contributed by atoms with Gasteiger partial charge in [0.05, 0.1) is 0 Å². The Morgan fingerprint density at radius 2 is 2.17 bits per heavy atom. The Balaban J connectivity index is 1.50. The van der Waals surface area contributed by atoms with E-state index in [1.807, 2.05) is 6.07 Å². The predicted octanol–water partition coefficient (Wildman–Crippen LogP) is 0.372. The summed E-state index contributed by atoms with van der Waals surface area (Å²) in [6, 6.07) is 0.841. The minimum Gasteiger partial charge on any atom is -0.480 e. The number of β-lactam (4-membered cyclic amide) rings is 1. The molecule has 0 aromatic carbocycles. The molecule has 2 aromatic heterocycles. The molecule has 190 valence electrons. The van der Waals surface area contributed by atoms with Crippen LogP contribution in [0.25, 0.3) is 0 Å². The van der Waals surface area contributed by atoms with Crippen LogP contribution in [0.15, 0.2) is 39.6 Å². The van der Waals surface area contributed by atoms with Crippen molar-refractivity contribution in [2.24, 2.45) is 10.9 Å². The highest BCUT2D eigenvalue weighted by molar-refractivity contribution is 8.07. The number of carboxylic acid groups (broad SMARTS) is 1. The van der Waals surface area contributed by atoms with Gasteiger partial charge in [0.2, 0.25) is 11.5 Å². The van der Waals surface area contributed by atoms with Gasteiger partial charge in [-0.05, 0) is 11.6 Å². The highest BCUT2D eigenvalue weighted by Gasteiger charge is 2.53. The van der Waals surface area contributed by atoms with E-state index >= 15 is 0 Å². The molecule has 1 saturated heterocycles. The summed E-state index contributed by atoms with van der Waals surface area (Å²) in [4.78, 5) is 48.1. The number of carbonyl (C=O) groups excluding carboxylic acids is 2. The second-order valence-corrected chi connectivity index (χ2v) is 11.5. The zero-order chi connectivity index (χ0) is 25.8. The third-order valence-electron chi connectivity index (χ3n) is 4.98. The standard InChI is InChI=1S/C19H20N8O5S4/c20-2-4-33-7-8-1-3-22-5-9(8)34-10-6-27-16(29)12(17(27)35-13(10)18(30)31)23-15(28)11(25-32)14-24-19(21)36-26-14/h1,3,5-6,12-13,17,32H,2,4,7,20H2,(H,23,28)(H,30,31)(H2,21,24,26)/b25-11-/t12-,13?,17-/m1/s1. The number of nitrogens with zero attached hydrogens (tertiary/aromatic N) is 5. The molecule has 2 aliphatic rings. The summed E-state index contributed by atoms with van der Waals surface area (Å²) in [6.45, 7) is 0.553. The van der Waals surface area contributed by atoms with Crippen LogP contribution >= 0.6 is 46.8 Å². The summed E-state index contributed by atoms with van der Waals surface area (Å²) in [5.41, 5.74) is 11.6. The maximum absolute atomic E-state index is 12.8. The molecule has 4 heterocycles. The van der Waals surface area contributed by atoms with Crippen LogP contribution in [0.5, 0.6) is 0 Å². The molecule has 1 fully saturated rings. The summed E-state index contributed by atoms with van der Waals surface area (Å²) in [5.74, 6) is -1.11. The highest BCUT2D eigenvalue weighted by Crippen LogP contribution is 2.46. The van der Waals surface area contributed by atoms with Gasteiger partial charge < -0.3 is 32.0 Å². The van der Waals surface area contributed by atoms with Crippen LogP contribution in [0, 0.1) is 0 Å². The molecule has 0 spiro atoms. The van der Waals surface area contributed by atoms with E-state index < -0.39 is 40.2 Å². The molecule has 2 amide bonds. The molecule has 0 radical (unpaired) electrons. The molecule has 1 unspecified atom stereocenters. The van der Waals surface area contributed by atoms with Gasteiger partial charge in [-0.3, -0.25) is 19.4 Å². The molecular formula is C19H20N8O5S4. The number of nitrogens with one attached hydrogen (secondary N) is 1. The van der Waals surface area contributed by atoms with Crippen LogP contribution < -0.4 is 16.8 Å². The second kappa shape index (κ2) is 11.5. The van der Waals surface area contributed by atoms with Crippen molar-refractivity contribution in [3.63, 3.8) is 0 Å². The molecule has 4 rings (SSSR count). The Bertz CT molecular complexity index is 1240. The van der Waals surface area contributed by atoms with Crippen molar-refractivity contribution in [2.45, 2.75) is 27.3 Å². The molecule has 2 aliphatic heterocycles. The number of thioether (sulfide) groups is 3. The average molecular weight is 569 g/mol. The number of pyridine rings is 1. The number of carboxylic acids is 1. The molecule has 0 bridgehead atoms. The Hall–Kier alpha value is -2.86. The van der Waals surface area contributed by atoms with Crippen LogP contribution in [0.3, 0.4) is 0 Å². The van der Waals surface area contributed by atoms with Gasteiger partial charge in [0.1, 0.15) is 16.7 Å². The number of carbonyl (C=O) groups is 3. The lowest BCUT2D eigenvalue weighted by atomic mass is 10.1. The number of anilines is 1. The molecule has 13 nitrogen and oxygen atoms in total. The first-order chi connectivity index (χ1) is 17.3. The van der Waals surface area contributed by atoms with E-state index in [1.165, 1.54) is 22.9 Å². The molecule has 0 aliphatic carbocycles. The number of oxime groups is 1. The summed E-state index contributed by atoms with van der Waals surface area (Å²) in [7, 11) is 0. The van der Waals surface area contributed by atoms with Crippen LogP contribution in [-0.4, -0.2) is 82.0 Å². The number of rotatable bonds is 10. The van der Waals surface area contributed by atoms with Crippen LogP contribution in [0.2, 0.25) is 0 Å². The van der Waals surface area contributed by atoms with Gasteiger partial charge >= 0.3 is 5.97 Å². The first-order valence-electron chi connectivity index (χ1n) is 10.3. The Morgan fingerprint density at radius 3 is 2.83 bits per heavy atom. The van der Waals surface area contributed by atoms with E-state index in [0.717, 1.165) is 39.5 Å². The largest absolute Gasteiger partial charge is 0.480 e. The first-order valence-corrected chi connectivity index (χ1v) is 14.0. The number of aliphatic carboxylic acids is 1. The fraction of sp³-hybridized carbons (Fsp3) is 0.316. The van der Waals surface area contributed by atoms with E-state index in [1.54, 1.807) is 24.2 Å². The van der Waals surface area contributed by atoms with Crippen LogP contribution in [-0.2, 0) is 20.1 Å². The van der Waals surface area contributed by atoms with E-state index in [9.17, 15) is 24.7 Å². The quantitative estimate of drug-likeness (QED) is 0.0863. The first kappa shape index (κ1) is 26.2. The van der Waals surface area contributed by atoms with Gasteiger partial charge in [0, 0.05) is 58.0 Å². The summed E-state index contributed by atoms with van der Waals surface area (Å²) in [5, 5.41) is 23.0. The van der Waals surface area contributed by atoms with Crippen LogP contribution in [0.4, 0.5) is 5.13 Å². The third kappa shape index (κ3) is 5.44. The fourth-order valence-corrected chi connectivity index (χ4v) is 7.18. The fourth-order valence-electron chi connectivity index (χ4n) is 3.32. The van der Waals surface area contributed by atoms with Crippen molar-refractivity contribution >= 4 is 75.4 Å². The maximum atomic E-state index is 12.8. The van der Waals surface area contributed by atoms with Crippen LogP contribution in [0.1, 0.15) is 11.4 Å². The van der Waals surface area contributed by atoms with E-state index in [0.29, 0.717) is 17.2 Å². The molecule has 7 N–H and O–H groups in total. The van der Waals surface area contributed by atoms with Gasteiger partial charge in [-0.2, -0.15) is 21.1 Å². The van der Waals surface area contributed by atoms with E-state index in [-0.39, 0.29) is 11.0 Å². The van der Waals surface area contributed by atoms with E-state index in [2.05, 4.69) is 24.8 Å². The molecule has 3 atom stereocenters. The van der Waals surface area contributed by atoms with Crippen molar-refractivity contribution in [2.75, 3.05) is 18.0 Å². The van der Waals surface area contributed by atoms with Crippen molar-refractivity contribution in [1.82, 2.24) is 24.6 Å². The number of nitrogens with two attached hydrogens (primary N) is 2. The number of hydrogen-bond donors (Lipinski definition) is 5. The van der Waals surface area contributed by atoms with E-state index in [4.69, 9.17) is 11.5 Å². The number of fused-ring (bicyclic) bond motifs is 1. The second-order valence-electron chi connectivity index (χ2n) is 7.30. The normalized spacial score (nSPS) is 21.4. The van der Waals surface area contributed by atoms with Crippen molar-refractivity contribution in [1.29, 1.82) is 0 Å².